The molecule has 0 aliphatic heterocycles. The number of rotatable bonds is 6. The number of benzene rings is 2. The van der Waals surface area contributed by atoms with Crippen LogP contribution in [0.15, 0.2) is 36.4 Å². The summed E-state index contributed by atoms with van der Waals surface area (Å²) in [5.74, 6) is 7.51. The van der Waals surface area contributed by atoms with Gasteiger partial charge in [0.15, 0.2) is 5.01 Å². The molecule has 4 rings (SSSR count). The highest BCUT2D eigenvalue weighted by molar-refractivity contribution is 7.12. The average Bonchev–Trinajstić information content (AvgIpc) is 3.53. The van der Waals surface area contributed by atoms with Gasteiger partial charge in [-0.15, -0.1) is 11.3 Å². The summed E-state index contributed by atoms with van der Waals surface area (Å²) in [6.07, 6.45) is 3.35. The average molecular weight is 469 g/mol. The molecule has 0 spiro atoms. The molecule has 3 nitrogen and oxygen atoms in total. The van der Waals surface area contributed by atoms with Crippen LogP contribution in [0.25, 0.3) is 11.3 Å². The van der Waals surface area contributed by atoms with Crippen LogP contribution in [0.2, 0.25) is 5.02 Å². The minimum absolute atomic E-state index is 0.00154. The number of halogens is 2. The minimum Gasteiger partial charge on any atom is -0.497 e. The van der Waals surface area contributed by atoms with E-state index < -0.39 is 6.04 Å². The standard InChI is InChI=1S/C26H26ClFN2OS/c1-15-4-7-18(13-23(15)28)21(12-17-5-6-17)24(29)10-11-25-30-26(16(2)32-25)20-9-8-19(31-3)14-22(20)27/h4,7-9,13-14,17,21,24H,5-6,12,29H2,1-3H3/t21?,24-/m1/s1. The molecule has 1 heterocycles. The monoisotopic (exact) mass is 468 g/mol. The fourth-order valence-corrected chi connectivity index (χ4v) is 4.85. The number of hydrogen-bond donors (Lipinski definition) is 1. The van der Waals surface area contributed by atoms with Crippen molar-refractivity contribution in [3.8, 4) is 28.8 Å². The highest BCUT2D eigenvalue weighted by Gasteiger charge is 2.29. The number of methoxy groups -OCH3 is 1. The molecule has 1 fully saturated rings. The van der Waals surface area contributed by atoms with Crippen molar-refractivity contribution in [1.29, 1.82) is 0 Å². The fourth-order valence-electron chi connectivity index (χ4n) is 3.80. The number of thiazole rings is 1. The van der Waals surface area contributed by atoms with E-state index in [-0.39, 0.29) is 11.7 Å². The van der Waals surface area contributed by atoms with Gasteiger partial charge in [0.05, 0.1) is 23.9 Å². The molecule has 1 aliphatic rings. The van der Waals surface area contributed by atoms with Crippen molar-refractivity contribution in [3.05, 3.63) is 68.2 Å². The Morgan fingerprint density at radius 2 is 2.03 bits per heavy atom. The van der Waals surface area contributed by atoms with Gasteiger partial charge in [-0.25, -0.2) is 9.37 Å². The first-order valence-corrected chi connectivity index (χ1v) is 11.9. The molecule has 2 aromatic carbocycles. The lowest BCUT2D eigenvalue weighted by Gasteiger charge is -2.21. The number of aromatic nitrogens is 1. The lowest BCUT2D eigenvalue weighted by Crippen LogP contribution is -2.27. The predicted octanol–water partition coefficient (Wildman–Crippen LogP) is 6.49. The zero-order valence-corrected chi connectivity index (χ0v) is 20.0. The molecule has 1 aromatic heterocycles. The van der Waals surface area contributed by atoms with Crippen LogP contribution in [0, 0.1) is 37.4 Å². The van der Waals surface area contributed by atoms with Gasteiger partial charge in [0, 0.05) is 16.4 Å². The maximum absolute atomic E-state index is 14.2. The molecule has 0 bridgehead atoms. The van der Waals surface area contributed by atoms with E-state index in [0.29, 0.717) is 27.3 Å². The summed E-state index contributed by atoms with van der Waals surface area (Å²) >= 11 is 7.95. The van der Waals surface area contributed by atoms with E-state index >= 15 is 0 Å². The third-order valence-corrected chi connectivity index (χ3v) is 7.11. The lowest BCUT2D eigenvalue weighted by atomic mass is 9.87. The molecular weight excluding hydrogens is 443 g/mol. The van der Waals surface area contributed by atoms with E-state index in [1.807, 2.05) is 31.2 Å². The molecule has 6 heteroatoms. The van der Waals surface area contributed by atoms with Crippen LogP contribution in [-0.4, -0.2) is 18.1 Å². The van der Waals surface area contributed by atoms with E-state index in [1.165, 1.54) is 24.2 Å². The number of hydrogen-bond acceptors (Lipinski definition) is 4. The first-order chi connectivity index (χ1) is 15.4. The summed E-state index contributed by atoms with van der Waals surface area (Å²) in [6, 6.07) is 10.6. The van der Waals surface area contributed by atoms with E-state index in [0.717, 1.165) is 28.1 Å². The second-order valence-electron chi connectivity index (χ2n) is 8.36. The Balaban J connectivity index is 1.58. The van der Waals surface area contributed by atoms with Gasteiger partial charge < -0.3 is 10.5 Å². The Kier molecular flexibility index (Phi) is 6.85. The van der Waals surface area contributed by atoms with Crippen LogP contribution in [0.4, 0.5) is 4.39 Å². The van der Waals surface area contributed by atoms with Gasteiger partial charge in [-0.05, 0) is 67.5 Å². The molecule has 1 saturated carbocycles. The van der Waals surface area contributed by atoms with Gasteiger partial charge in [-0.3, -0.25) is 0 Å². The zero-order chi connectivity index (χ0) is 22.8. The number of nitrogens with zero attached hydrogens (tertiary/aromatic N) is 1. The Labute approximate surface area is 197 Å². The zero-order valence-electron chi connectivity index (χ0n) is 18.4. The van der Waals surface area contributed by atoms with Crippen molar-refractivity contribution >= 4 is 22.9 Å². The molecule has 3 aromatic rings. The van der Waals surface area contributed by atoms with E-state index in [2.05, 4.69) is 11.8 Å². The van der Waals surface area contributed by atoms with Crippen molar-refractivity contribution in [3.63, 3.8) is 0 Å². The van der Waals surface area contributed by atoms with Gasteiger partial charge in [-0.2, -0.15) is 0 Å². The molecule has 2 N–H and O–H groups in total. The van der Waals surface area contributed by atoms with Gasteiger partial charge >= 0.3 is 0 Å². The van der Waals surface area contributed by atoms with E-state index in [9.17, 15) is 4.39 Å². The summed E-state index contributed by atoms with van der Waals surface area (Å²) in [7, 11) is 1.61. The van der Waals surface area contributed by atoms with Crippen molar-refractivity contribution in [1.82, 2.24) is 4.98 Å². The second kappa shape index (κ2) is 9.62. The Hall–Kier alpha value is -2.39. The van der Waals surface area contributed by atoms with Crippen molar-refractivity contribution in [2.24, 2.45) is 11.7 Å². The summed E-state index contributed by atoms with van der Waals surface area (Å²) in [6.45, 7) is 3.77. The van der Waals surface area contributed by atoms with Crippen LogP contribution >= 0.6 is 22.9 Å². The maximum atomic E-state index is 14.2. The van der Waals surface area contributed by atoms with Crippen LogP contribution in [0.1, 0.15) is 46.2 Å². The molecule has 0 amide bonds. The summed E-state index contributed by atoms with van der Waals surface area (Å²) < 4.78 is 19.4. The molecular formula is C26H26ClFN2OS. The first-order valence-electron chi connectivity index (χ1n) is 10.7. The van der Waals surface area contributed by atoms with Crippen LogP contribution in [-0.2, 0) is 0 Å². The smallest absolute Gasteiger partial charge is 0.167 e. The molecule has 0 saturated heterocycles. The molecule has 32 heavy (non-hydrogen) atoms. The van der Waals surface area contributed by atoms with Crippen molar-refractivity contribution in [2.45, 2.75) is 45.1 Å². The number of nitrogens with two attached hydrogens (primary N) is 1. The summed E-state index contributed by atoms with van der Waals surface area (Å²) in [4.78, 5) is 5.74. The largest absolute Gasteiger partial charge is 0.497 e. The third kappa shape index (κ3) is 5.15. The van der Waals surface area contributed by atoms with Crippen molar-refractivity contribution in [2.75, 3.05) is 7.11 Å². The van der Waals surface area contributed by atoms with Gasteiger partial charge in [0.25, 0.3) is 0 Å². The number of ether oxygens (including phenoxy) is 1. The molecule has 1 unspecified atom stereocenters. The molecule has 1 aliphatic carbocycles. The topological polar surface area (TPSA) is 48.1 Å². The molecule has 0 radical (unpaired) electrons. The molecule has 2 atom stereocenters. The summed E-state index contributed by atoms with van der Waals surface area (Å²) in [5.41, 5.74) is 9.74. The highest BCUT2D eigenvalue weighted by atomic mass is 35.5. The van der Waals surface area contributed by atoms with Gasteiger partial charge in [-0.1, -0.05) is 42.5 Å². The molecule has 166 valence electrons. The SMILES string of the molecule is COc1ccc(-c2nc(C#C[C@@H](N)C(CC3CC3)c3ccc(C)c(F)c3)sc2C)c(Cl)c1. The van der Waals surface area contributed by atoms with Crippen LogP contribution < -0.4 is 10.5 Å². The van der Waals surface area contributed by atoms with E-state index in [4.69, 9.17) is 27.1 Å². The van der Waals surface area contributed by atoms with Crippen LogP contribution in [0.3, 0.4) is 0 Å². The normalized spacial score (nSPS) is 15.1. The predicted molar refractivity (Wildman–Crippen MR) is 130 cm³/mol. The Bertz CT molecular complexity index is 1190. The summed E-state index contributed by atoms with van der Waals surface area (Å²) in [5, 5.41) is 1.28. The quantitative estimate of drug-likeness (QED) is 0.420. The Morgan fingerprint density at radius 3 is 2.69 bits per heavy atom. The second-order valence-corrected chi connectivity index (χ2v) is 9.97. The Morgan fingerprint density at radius 1 is 1.25 bits per heavy atom. The van der Waals surface area contributed by atoms with E-state index in [1.54, 1.807) is 26.2 Å². The van der Waals surface area contributed by atoms with Gasteiger partial charge in [0.2, 0.25) is 0 Å². The number of aryl methyl sites for hydroxylation is 2. The first kappa shape index (κ1) is 22.8. The fraction of sp³-hybridized carbons (Fsp3) is 0.346. The van der Waals surface area contributed by atoms with Gasteiger partial charge in [0.1, 0.15) is 11.6 Å². The highest BCUT2D eigenvalue weighted by Crippen LogP contribution is 2.40. The van der Waals surface area contributed by atoms with Crippen LogP contribution in [0.5, 0.6) is 5.75 Å². The minimum atomic E-state index is -0.394. The maximum Gasteiger partial charge on any atom is 0.167 e. The van der Waals surface area contributed by atoms with Crippen molar-refractivity contribution < 1.29 is 9.13 Å². The lowest BCUT2D eigenvalue weighted by molar-refractivity contribution is 0.415. The third-order valence-electron chi connectivity index (χ3n) is 5.92.